The lowest BCUT2D eigenvalue weighted by molar-refractivity contribution is 0.318. The molecule has 6 heteroatoms. The van der Waals surface area contributed by atoms with Crippen LogP contribution in [0.5, 0.6) is 5.75 Å². The molecule has 0 fully saturated rings. The Morgan fingerprint density at radius 3 is 2.81 bits per heavy atom. The van der Waals surface area contributed by atoms with Gasteiger partial charge in [0.2, 0.25) is 0 Å². The Morgan fingerprint density at radius 2 is 2.10 bits per heavy atom. The Balaban J connectivity index is 2.19. The third-order valence-corrected chi connectivity index (χ3v) is 3.45. The highest BCUT2D eigenvalue weighted by Crippen LogP contribution is 2.25. The van der Waals surface area contributed by atoms with E-state index < -0.39 is 0 Å². The Labute approximate surface area is 131 Å². The summed E-state index contributed by atoms with van der Waals surface area (Å²) in [5.74, 6) is 0.857. The largest absolute Gasteiger partial charge is 0.497 e. The van der Waals surface area contributed by atoms with Crippen molar-refractivity contribution in [2.24, 2.45) is 10.9 Å². The molecule has 0 aliphatic heterocycles. The number of nitrogens with one attached hydrogen (secondary N) is 1. The number of nitrogens with zero attached hydrogens (tertiary/aromatic N) is 1. The molecule has 0 radical (unpaired) electrons. The smallest absolute Gasteiger partial charge is 0.170 e. The molecule has 21 heavy (non-hydrogen) atoms. The van der Waals surface area contributed by atoms with E-state index in [1.807, 2.05) is 42.5 Å². The van der Waals surface area contributed by atoms with Crippen LogP contribution < -0.4 is 15.8 Å². The fourth-order valence-corrected chi connectivity index (χ4v) is 2.43. The number of nitrogens with two attached hydrogens (primary N) is 1. The number of benzene rings is 2. The summed E-state index contributed by atoms with van der Waals surface area (Å²) in [6.07, 6.45) is 0. The molecule has 110 valence electrons. The van der Waals surface area contributed by atoms with Gasteiger partial charge in [-0.05, 0) is 17.7 Å². The Bertz CT molecular complexity index is 659. The lowest BCUT2D eigenvalue weighted by Gasteiger charge is -2.12. The van der Waals surface area contributed by atoms with E-state index in [9.17, 15) is 0 Å². The average Bonchev–Trinajstić information content (AvgIpc) is 2.51. The summed E-state index contributed by atoms with van der Waals surface area (Å²) in [6, 6.07) is 13.2. The normalized spacial score (nSPS) is 11.2. The number of halogens is 1. The fraction of sp³-hybridized carbons (Fsp3) is 0.133. The number of amidine groups is 1. The third-order valence-electron chi connectivity index (χ3n) is 2.99. The molecular weight excluding hydrogens is 334 g/mol. The van der Waals surface area contributed by atoms with E-state index in [0.717, 1.165) is 21.5 Å². The molecule has 0 saturated carbocycles. The van der Waals surface area contributed by atoms with Gasteiger partial charge in [0.05, 0.1) is 7.11 Å². The molecule has 4 N–H and O–H groups in total. The van der Waals surface area contributed by atoms with Crippen molar-refractivity contribution in [3.8, 4) is 5.75 Å². The highest BCUT2D eigenvalue weighted by molar-refractivity contribution is 9.10. The Morgan fingerprint density at radius 1 is 1.33 bits per heavy atom. The van der Waals surface area contributed by atoms with Crippen molar-refractivity contribution in [1.82, 2.24) is 0 Å². The van der Waals surface area contributed by atoms with Crippen molar-refractivity contribution >= 4 is 27.5 Å². The number of hydrogen-bond donors (Lipinski definition) is 3. The second-order valence-electron chi connectivity index (χ2n) is 4.38. The van der Waals surface area contributed by atoms with Gasteiger partial charge in [-0.2, -0.15) is 0 Å². The summed E-state index contributed by atoms with van der Waals surface area (Å²) in [5, 5.41) is 15.2. The van der Waals surface area contributed by atoms with Crippen LogP contribution in [-0.4, -0.2) is 18.2 Å². The standard InChI is InChI=1S/C15H16BrN3O2/c1-21-13-7-11(16)6-12(8-13)18-9-10-4-2-3-5-14(10)15(17)19-20/h2-8,18,20H,9H2,1H3,(H2,17,19). The molecule has 2 aromatic carbocycles. The minimum atomic E-state index is 0.0965. The fourth-order valence-electron chi connectivity index (χ4n) is 1.96. The van der Waals surface area contributed by atoms with Crippen LogP contribution in [-0.2, 0) is 6.54 Å². The number of hydrogen-bond acceptors (Lipinski definition) is 4. The predicted octanol–water partition coefficient (Wildman–Crippen LogP) is 3.16. The second-order valence-corrected chi connectivity index (χ2v) is 5.29. The average molecular weight is 350 g/mol. The molecule has 0 aliphatic carbocycles. The highest BCUT2D eigenvalue weighted by Gasteiger charge is 2.06. The maximum Gasteiger partial charge on any atom is 0.170 e. The van der Waals surface area contributed by atoms with Gasteiger partial charge in [0.1, 0.15) is 5.75 Å². The van der Waals surface area contributed by atoms with Gasteiger partial charge in [-0.25, -0.2) is 0 Å². The number of anilines is 1. The van der Waals surface area contributed by atoms with Crippen LogP contribution in [0.4, 0.5) is 5.69 Å². The van der Waals surface area contributed by atoms with E-state index in [1.54, 1.807) is 7.11 Å². The van der Waals surface area contributed by atoms with Crippen molar-refractivity contribution in [3.05, 3.63) is 58.1 Å². The monoisotopic (exact) mass is 349 g/mol. The van der Waals surface area contributed by atoms with Gasteiger partial charge in [-0.3, -0.25) is 0 Å². The first-order chi connectivity index (χ1) is 10.1. The summed E-state index contributed by atoms with van der Waals surface area (Å²) in [6.45, 7) is 0.548. The first kappa shape index (κ1) is 15.2. The lowest BCUT2D eigenvalue weighted by Crippen LogP contribution is -2.16. The molecule has 0 spiro atoms. The molecule has 0 aliphatic rings. The van der Waals surface area contributed by atoms with Gasteiger partial charge in [0, 0.05) is 28.3 Å². The first-order valence-electron chi connectivity index (χ1n) is 6.28. The van der Waals surface area contributed by atoms with Crippen molar-refractivity contribution in [1.29, 1.82) is 0 Å². The quantitative estimate of drug-likeness (QED) is 0.335. The van der Waals surface area contributed by atoms with Crippen LogP contribution in [0.25, 0.3) is 0 Å². The minimum absolute atomic E-state index is 0.0965. The second kappa shape index (κ2) is 6.99. The summed E-state index contributed by atoms with van der Waals surface area (Å²) in [7, 11) is 1.62. The zero-order chi connectivity index (χ0) is 15.2. The van der Waals surface area contributed by atoms with Crippen LogP contribution in [0, 0.1) is 0 Å². The molecule has 5 nitrogen and oxygen atoms in total. The maximum absolute atomic E-state index is 8.82. The molecular formula is C15H16BrN3O2. The zero-order valence-electron chi connectivity index (χ0n) is 11.5. The summed E-state index contributed by atoms with van der Waals surface area (Å²) < 4.78 is 6.15. The van der Waals surface area contributed by atoms with Gasteiger partial charge >= 0.3 is 0 Å². The van der Waals surface area contributed by atoms with Crippen LogP contribution in [0.15, 0.2) is 52.1 Å². The first-order valence-corrected chi connectivity index (χ1v) is 7.07. The molecule has 0 aromatic heterocycles. The van der Waals surface area contributed by atoms with E-state index in [-0.39, 0.29) is 5.84 Å². The van der Waals surface area contributed by atoms with Crippen LogP contribution in [0.2, 0.25) is 0 Å². The summed E-state index contributed by atoms with van der Waals surface area (Å²) >= 11 is 3.44. The summed E-state index contributed by atoms with van der Waals surface area (Å²) in [5.41, 5.74) is 8.23. The Kier molecular flexibility index (Phi) is 5.05. The zero-order valence-corrected chi connectivity index (χ0v) is 13.1. The van der Waals surface area contributed by atoms with E-state index in [4.69, 9.17) is 15.7 Å². The van der Waals surface area contributed by atoms with Gasteiger partial charge < -0.3 is 21.0 Å². The van der Waals surface area contributed by atoms with E-state index >= 15 is 0 Å². The number of methoxy groups -OCH3 is 1. The van der Waals surface area contributed by atoms with E-state index in [0.29, 0.717) is 12.1 Å². The van der Waals surface area contributed by atoms with Crippen molar-refractivity contribution in [3.63, 3.8) is 0 Å². The molecule has 0 saturated heterocycles. The number of oxime groups is 1. The SMILES string of the molecule is COc1cc(Br)cc(NCc2ccccc2/C(N)=N/O)c1. The van der Waals surface area contributed by atoms with E-state index in [1.165, 1.54) is 0 Å². The van der Waals surface area contributed by atoms with E-state index in [2.05, 4.69) is 26.4 Å². The van der Waals surface area contributed by atoms with Gasteiger partial charge in [0.25, 0.3) is 0 Å². The molecule has 0 amide bonds. The van der Waals surface area contributed by atoms with Crippen LogP contribution in [0.1, 0.15) is 11.1 Å². The third kappa shape index (κ3) is 3.88. The van der Waals surface area contributed by atoms with Crippen molar-refractivity contribution in [2.75, 3.05) is 12.4 Å². The molecule has 0 atom stereocenters. The maximum atomic E-state index is 8.82. The molecule has 0 heterocycles. The summed E-state index contributed by atoms with van der Waals surface area (Å²) in [4.78, 5) is 0. The molecule has 2 rings (SSSR count). The van der Waals surface area contributed by atoms with Gasteiger partial charge in [-0.1, -0.05) is 45.4 Å². The lowest BCUT2D eigenvalue weighted by atomic mass is 10.1. The number of rotatable bonds is 5. The molecule has 2 aromatic rings. The van der Waals surface area contributed by atoms with Crippen LogP contribution >= 0.6 is 15.9 Å². The van der Waals surface area contributed by atoms with Crippen molar-refractivity contribution in [2.45, 2.75) is 6.54 Å². The highest BCUT2D eigenvalue weighted by atomic mass is 79.9. The molecule has 0 unspecified atom stereocenters. The number of ether oxygens (including phenoxy) is 1. The van der Waals surface area contributed by atoms with Crippen LogP contribution in [0.3, 0.4) is 0 Å². The van der Waals surface area contributed by atoms with Crippen molar-refractivity contribution < 1.29 is 9.94 Å². The predicted molar refractivity (Wildman–Crippen MR) is 87.0 cm³/mol. The van der Waals surface area contributed by atoms with Gasteiger partial charge in [0.15, 0.2) is 5.84 Å². The van der Waals surface area contributed by atoms with Gasteiger partial charge in [-0.15, -0.1) is 0 Å². The Hall–Kier alpha value is -2.21. The topological polar surface area (TPSA) is 79.9 Å². The molecule has 0 bridgehead atoms. The minimum Gasteiger partial charge on any atom is -0.497 e.